The fourth-order valence-corrected chi connectivity index (χ4v) is 3.31. The van der Waals surface area contributed by atoms with Gasteiger partial charge in [-0.15, -0.1) is 0 Å². The van der Waals surface area contributed by atoms with Crippen molar-refractivity contribution in [2.75, 3.05) is 13.7 Å². The second kappa shape index (κ2) is 7.35. The number of nitrogens with one attached hydrogen (secondary N) is 1. The SMILES string of the molecule is COC(=O)CN[C@]1(C(=O)OCc2ccc([N+](=O)[O-])cc2)C(=O)C[C@@H]2CC(=O)N21. The Morgan fingerprint density at radius 1 is 1.29 bits per heavy atom. The molecule has 2 saturated heterocycles. The minimum atomic E-state index is -2.07. The topological polar surface area (TPSA) is 145 Å². The van der Waals surface area contributed by atoms with Crippen molar-refractivity contribution in [3.63, 3.8) is 0 Å². The molecule has 2 aliphatic rings. The molecular weight excluding hydrogens is 374 g/mol. The summed E-state index contributed by atoms with van der Waals surface area (Å²) in [7, 11) is 1.15. The number of amides is 1. The molecule has 0 aliphatic carbocycles. The van der Waals surface area contributed by atoms with Crippen molar-refractivity contribution in [2.45, 2.75) is 31.2 Å². The van der Waals surface area contributed by atoms with Crippen LogP contribution in [0.2, 0.25) is 0 Å². The third kappa shape index (κ3) is 3.20. The van der Waals surface area contributed by atoms with Crippen LogP contribution in [0.1, 0.15) is 18.4 Å². The van der Waals surface area contributed by atoms with Gasteiger partial charge in [-0.25, -0.2) is 4.79 Å². The van der Waals surface area contributed by atoms with Crippen molar-refractivity contribution < 1.29 is 33.6 Å². The molecular formula is C17H17N3O8. The number of rotatable bonds is 7. The molecule has 1 amide bonds. The summed E-state index contributed by atoms with van der Waals surface area (Å²) in [4.78, 5) is 60.1. The van der Waals surface area contributed by atoms with E-state index in [0.717, 1.165) is 12.0 Å². The lowest BCUT2D eigenvalue weighted by Crippen LogP contribution is -2.71. The molecule has 28 heavy (non-hydrogen) atoms. The van der Waals surface area contributed by atoms with Gasteiger partial charge in [0.2, 0.25) is 5.91 Å². The number of non-ortho nitro benzene ring substituents is 1. The maximum absolute atomic E-state index is 12.8. The minimum Gasteiger partial charge on any atom is -0.468 e. The average Bonchev–Trinajstić information content (AvgIpc) is 2.91. The number of ketones is 1. The van der Waals surface area contributed by atoms with E-state index in [1.807, 2.05) is 0 Å². The van der Waals surface area contributed by atoms with Crippen LogP contribution in [-0.2, 0) is 35.3 Å². The summed E-state index contributed by atoms with van der Waals surface area (Å²) in [5.74, 6) is -2.71. The Morgan fingerprint density at radius 3 is 2.54 bits per heavy atom. The zero-order chi connectivity index (χ0) is 20.5. The van der Waals surface area contributed by atoms with E-state index in [4.69, 9.17) is 4.74 Å². The molecule has 11 heteroatoms. The molecule has 2 heterocycles. The summed E-state index contributed by atoms with van der Waals surface area (Å²) in [5.41, 5.74) is -1.74. The predicted octanol–water partition coefficient (Wildman–Crippen LogP) is -0.329. The zero-order valence-electron chi connectivity index (χ0n) is 14.9. The van der Waals surface area contributed by atoms with Crippen molar-refractivity contribution in [3.05, 3.63) is 39.9 Å². The van der Waals surface area contributed by atoms with Gasteiger partial charge in [-0.05, 0) is 17.7 Å². The van der Waals surface area contributed by atoms with E-state index in [-0.39, 0.29) is 25.1 Å². The molecule has 1 aromatic carbocycles. The Labute approximate surface area is 158 Å². The molecule has 1 N–H and O–H groups in total. The summed E-state index contributed by atoms with van der Waals surface area (Å²) in [6.45, 7) is -0.732. The zero-order valence-corrected chi connectivity index (χ0v) is 14.9. The molecule has 3 rings (SSSR count). The number of hydrogen-bond donors (Lipinski definition) is 1. The van der Waals surface area contributed by atoms with Crippen LogP contribution in [0.4, 0.5) is 5.69 Å². The van der Waals surface area contributed by atoms with Crippen LogP contribution in [-0.4, -0.2) is 58.8 Å². The Kier molecular flexibility index (Phi) is 5.10. The van der Waals surface area contributed by atoms with Crippen LogP contribution in [0.15, 0.2) is 24.3 Å². The number of ether oxygens (including phenoxy) is 2. The Balaban J connectivity index is 1.77. The highest BCUT2D eigenvalue weighted by atomic mass is 16.6. The standard InChI is InChI=1S/C17H17N3O8/c1-27-15(23)8-18-17(13(21)6-12-7-14(22)19(12)17)16(24)28-9-10-2-4-11(5-3-10)20(25)26/h2-5,12,18H,6-9H2,1H3/t12-,17-/m1/s1. The van der Waals surface area contributed by atoms with Gasteiger partial charge in [-0.3, -0.25) is 29.8 Å². The number of methoxy groups -OCH3 is 1. The number of β-lactam (4-membered cyclic amide) rings is 1. The first-order chi connectivity index (χ1) is 13.3. The van der Waals surface area contributed by atoms with E-state index in [9.17, 15) is 29.3 Å². The average molecular weight is 391 g/mol. The number of benzene rings is 1. The van der Waals surface area contributed by atoms with Crippen LogP contribution >= 0.6 is 0 Å². The summed E-state index contributed by atoms with van der Waals surface area (Å²) in [6.07, 6.45) is 0.121. The largest absolute Gasteiger partial charge is 0.468 e. The first-order valence-corrected chi connectivity index (χ1v) is 8.37. The molecule has 2 fully saturated rings. The summed E-state index contributed by atoms with van der Waals surface area (Å²) < 4.78 is 9.73. The number of nitro benzene ring substituents is 1. The number of esters is 2. The summed E-state index contributed by atoms with van der Waals surface area (Å²) in [5, 5.41) is 13.2. The van der Waals surface area contributed by atoms with Gasteiger partial charge >= 0.3 is 11.9 Å². The van der Waals surface area contributed by atoms with Crippen LogP contribution in [0.3, 0.4) is 0 Å². The highest BCUT2D eigenvalue weighted by Crippen LogP contribution is 2.39. The van der Waals surface area contributed by atoms with E-state index in [2.05, 4.69) is 10.1 Å². The fourth-order valence-electron chi connectivity index (χ4n) is 3.31. The Hall–Kier alpha value is -3.34. The second-order valence-corrected chi connectivity index (χ2v) is 6.39. The van der Waals surface area contributed by atoms with Crippen LogP contribution in [0.5, 0.6) is 0 Å². The number of carbonyl (C=O) groups excluding carboxylic acids is 4. The van der Waals surface area contributed by atoms with E-state index in [1.165, 1.54) is 24.3 Å². The molecule has 0 unspecified atom stereocenters. The maximum atomic E-state index is 12.8. The molecule has 2 atom stereocenters. The first kappa shape index (κ1) is 19.4. The van der Waals surface area contributed by atoms with Gasteiger partial charge in [0.25, 0.3) is 11.4 Å². The van der Waals surface area contributed by atoms with Gasteiger partial charge < -0.3 is 14.4 Å². The molecule has 0 saturated carbocycles. The lowest BCUT2D eigenvalue weighted by molar-refractivity contribution is -0.384. The number of nitro groups is 1. The normalized spacial score (nSPS) is 23.0. The van der Waals surface area contributed by atoms with Gasteiger partial charge in [-0.2, -0.15) is 0 Å². The van der Waals surface area contributed by atoms with E-state index < -0.39 is 46.8 Å². The number of hydrogen-bond acceptors (Lipinski definition) is 9. The number of carbonyl (C=O) groups is 4. The molecule has 0 radical (unpaired) electrons. The fraction of sp³-hybridized carbons (Fsp3) is 0.412. The molecule has 148 valence electrons. The minimum absolute atomic E-state index is 0.0213. The number of Topliss-reactive ketones (excluding diaryl/α,β-unsaturated/α-hetero) is 1. The lowest BCUT2D eigenvalue weighted by Gasteiger charge is -2.43. The van der Waals surface area contributed by atoms with Gasteiger partial charge in [0.1, 0.15) is 6.61 Å². The molecule has 0 aromatic heterocycles. The van der Waals surface area contributed by atoms with Gasteiger partial charge in [-0.1, -0.05) is 0 Å². The third-order valence-corrected chi connectivity index (χ3v) is 4.76. The third-order valence-electron chi connectivity index (χ3n) is 4.76. The quantitative estimate of drug-likeness (QED) is 0.217. The number of fused-ring (bicyclic) bond motifs is 1. The van der Waals surface area contributed by atoms with E-state index >= 15 is 0 Å². The van der Waals surface area contributed by atoms with Crippen molar-refractivity contribution in [1.29, 1.82) is 0 Å². The molecule has 2 aliphatic heterocycles. The molecule has 0 spiro atoms. The van der Waals surface area contributed by atoms with Crippen LogP contribution in [0.25, 0.3) is 0 Å². The molecule has 1 aromatic rings. The Morgan fingerprint density at radius 2 is 1.96 bits per heavy atom. The first-order valence-electron chi connectivity index (χ1n) is 8.37. The van der Waals surface area contributed by atoms with Gasteiger partial charge in [0.05, 0.1) is 24.6 Å². The van der Waals surface area contributed by atoms with Crippen molar-refractivity contribution in [1.82, 2.24) is 10.2 Å². The maximum Gasteiger partial charge on any atom is 0.355 e. The smallest absolute Gasteiger partial charge is 0.355 e. The van der Waals surface area contributed by atoms with Gasteiger partial charge in [0, 0.05) is 25.0 Å². The highest BCUT2D eigenvalue weighted by molar-refractivity contribution is 6.15. The monoisotopic (exact) mass is 391 g/mol. The highest BCUT2D eigenvalue weighted by Gasteiger charge is 2.65. The van der Waals surface area contributed by atoms with E-state index in [1.54, 1.807) is 0 Å². The van der Waals surface area contributed by atoms with E-state index in [0.29, 0.717) is 5.56 Å². The van der Waals surface area contributed by atoms with Crippen molar-refractivity contribution in [3.8, 4) is 0 Å². The molecule has 11 nitrogen and oxygen atoms in total. The van der Waals surface area contributed by atoms with Crippen molar-refractivity contribution >= 4 is 29.3 Å². The van der Waals surface area contributed by atoms with Gasteiger partial charge in [0.15, 0.2) is 5.78 Å². The molecule has 0 bridgehead atoms. The van der Waals surface area contributed by atoms with Crippen LogP contribution < -0.4 is 5.32 Å². The lowest BCUT2D eigenvalue weighted by atomic mass is 10.0. The number of nitrogens with zero attached hydrogens (tertiary/aromatic N) is 2. The van der Waals surface area contributed by atoms with Crippen LogP contribution in [0, 0.1) is 10.1 Å². The van der Waals surface area contributed by atoms with Crippen molar-refractivity contribution in [2.24, 2.45) is 0 Å². The summed E-state index contributed by atoms with van der Waals surface area (Å²) >= 11 is 0. The Bertz CT molecular complexity index is 852. The predicted molar refractivity (Wildman–Crippen MR) is 90.5 cm³/mol. The second-order valence-electron chi connectivity index (χ2n) is 6.39. The summed E-state index contributed by atoms with van der Waals surface area (Å²) in [6, 6.07) is 4.91.